The van der Waals surface area contributed by atoms with E-state index in [0.717, 1.165) is 61.9 Å². The van der Waals surface area contributed by atoms with E-state index in [-0.39, 0.29) is 17.0 Å². The zero-order chi connectivity index (χ0) is 37.4. The number of para-hydroxylation sites is 4. The summed E-state index contributed by atoms with van der Waals surface area (Å²) in [5.41, 5.74) is 8.93. The van der Waals surface area contributed by atoms with Crippen molar-refractivity contribution in [2.75, 3.05) is 0 Å². The normalized spacial score (nSPS) is 17.9. The first kappa shape index (κ1) is 35.3. The van der Waals surface area contributed by atoms with E-state index in [1.165, 1.54) is 16.7 Å². The van der Waals surface area contributed by atoms with E-state index in [0.29, 0.717) is 23.0 Å². The molecular formula is C50H32Br2O5. The Kier molecular flexibility index (Phi) is 8.38. The van der Waals surface area contributed by atoms with Crippen LogP contribution in [0.3, 0.4) is 0 Å². The van der Waals surface area contributed by atoms with Crippen LogP contribution in [-0.4, -0.2) is 5.11 Å². The highest BCUT2D eigenvalue weighted by molar-refractivity contribution is 9.10. The molecule has 2 aliphatic heterocycles. The summed E-state index contributed by atoms with van der Waals surface area (Å²) in [5, 5.41) is 12.0. The summed E-state index contributed by atoms with van der Waals surface area (Å²) in [4.78, 5) is 0. The molecule has 2 atom stereocenters. The topological polar surface area (TPSA) is 57.2 Å². The third-order valence-corrected chi connectivity index (χ3v) is 12.4. The molecule has 8 aromatic carbocycles. The minimum absolute atomic E-state index is 0. The molecule has 0 aromatic heterocycles. The van der Waals surface area contributed by atoms with E-state index in [1.807, 2.05) is 127 Å². The maximum Gasteiger partial charge on any atom is 0.178 e. The van der Waals surface area contributed by atoms with Crippen LogP contribution in [-0.2, 0) is 9.93 Å². The van der Waals surface area contributed by atoms with Gasteiger partial charge in [-0.3, -0.25) is 0 Å². The van der Waals surface area contributed by atoms with Crippen LogP contribution in [0.2, 0.25) is 0 Å². The van der Waals surface area contributed by atoms with Gasteiger partial charge >= 0.3 is 0 Å². The van der Waals surface area contributed by atoms with E-state index >= 15 is 0 Å². The minimum Gasteiger partial charge on any atom is -0.449 e. The standard InChI is InChI=1S/C25H15BrO2.C25H16O3.BrH/c2*26-25(16-8-2-1-3-9-16)18-11-5-4-10-17(18)23-19(25)14-15-22-24(23)28-21-13-7-6-12-20(21)27-22;/h1-15H;1-15,26H;1H. The van der Waals surface area contributed by atoms with Gasteiger partial charge in [0.1, 0.15) is 9.93 Å². The number of hydrogen-bond acceptors (Lipinski definition) is 5. The van der Waals surface area contributed by atoms with Crippen molar-refractivity contribution in [3.8, 4) is 68.2 Å². The van der Waals surface area contributed by atoms with E-state index in [1.54, 1.807) is 0 Å². The third-order valence-electron chi connectivity index (χ3n) is 11.1. The number of ether oxygens (including phenoxy) is 4. The van der Waals surface area contributed by atoms with Crippen LogP contribution >= 0.6 is 32.9 Å². The van der Waals surface area contributed by atoms with Crippen LogP contribution in [0.1, 0.15) is 33.4 Å². The fourth-order valence-electron chi connectivity index (χ4n) is 8.59. The second-order valence-electron chi connectivity index (χ2n) is 14.1. The molecule has 1 N–H and O–H groups in total. The molecule has 0 saturated heterocycles. The van der Waals surface area contributed by atoms with Crippen molar-refractivity contribution >= 4 is 32.9 Å². The molecule has 2 unspecified atom stereocenters. The lowest BCUT2D eigenvalue weighted by atomic mass is 9.84. The predicted octanol–water partition coefficient (Wildman–Crippen LogP) is 13.7. The van der Waals surface area contributed by atoms with Crippen LogP contribution in [0, 0.1) is 0 Å². The maximum absolute atomic E-state index is 12.0. The first-order valence-corrected chi connectivity index (χ1v) is 19.3. The van der Waals surface area contributed by atoms with Gasteiger partial charge in [-0.25, -0.2) is 0 Å². The second-order valence-corrected chi connectivity index (χ2v) is 15.3. The van der Waals surface area contributed by atoms with Gasteiger partial charge in [-0.1, -0.05) is 162 Å². The average Bonchev–Trinajstić information content (AvgIpc) is 3.69. The highest BCUT2D eigenvalue weighted by atomic mass is 79.9. The summed E-state index contributed by atoms with van der Waals surface area (Å²) in [5.74, 6) is 5.69. The molecule has 0 fully saturated rings. The fraction of sp³-hybridized carbons (Fsp3) is 0.0400. The summed E-state index contributed by atoms with van der Waals surface area (Å²) in [6, 6.07) is 60.1. The smallest absolute Gasteiger partial charge is 0.178 e. The van der Waals surface area contributed by atoms with E-state index in [4.69, 9.17) is 18.9 Å². The number of hydrogen-bond donors (Lipinski definition) is 1. The van der Waals surface area contributed by atoms with E-state index < -0.39 is 9.93 Å². The quantitative estimate of drug-likeness (QED) is 0.175. The first-order valence-electron chi connectivity index (χ1n) is 18.5. The molecule has 0 spiro atoms. The molecule has 57 heavy (non-hydrogen) atoms. The Bertz CT molecular complexity index is 2660. The van der Waals surface area contributed by atoms with Crippen LogP contribution < -0.4 is 18.9 Å². The average molecular weight is 873 g/mol. The van der Waals surface area contributed by atoms with Gasteiger partial charge in [0.25, 0.3) is 0 Å². The summed E-state index contributed by atoms with van der Waals surface area (Å²) < 4.78 is 24.4. The molecule has 2 aliphatic carbocycles. The molecule has 276 valence electrons. The van der Waals surface area contributed by atoms with Crippen molar-refractivity contribution in [3.05, 3.63) is 215 Å². The van der Waals surface area contributed by atoms with Gasteiger partial charge in [-0.15, -0.1) is 17.0 Å². The van der Waals surface area contributed by atoms with Gasteiger partial charge in [0, 0.05) is 22.3 Å². The van der Waals surface area contributed by atoms with E-state index in [2.05, 4.69) is 70.5 Å². The van der Waals surface area contributed by atoms with Crippen molar-refractivity contribution in [3.63, 3.8) is 0 Å². The number of fused-ring (bicyclic) bond motifs is 12. The molecule has 0 saturated carbocycles. The van der Waals surface area contributed by atoms with Crippen molar-refractivity contribution in [1.82, 2.24) is 0 Å². The monoisotopic (exact) mass is 870 g/mol. The van der Waals surface area contributed by atoms with Crippen LogP contribution in [0.25, 0.3) is 22.3 Å². The number of rotatable bonds is 2. The first-order chi connectivity index (χ1) is 27.5. The Labute approximate surface area is 348 Å². The molecule has 0 radical (unpaired) electrons. The third kappa shape index (κ3) is 5.23. The van der Waals surface area contributed by atoms with Crippen molar-refractivity contribution in [1.29, 1.82) is 0 Å². The number of halogens is 2. The Morgan fingerprint density at radius 1 is 0.351 bits per heavy atom. The number of aliphatic hydroxyl groups is 1. The molecule has 8 aromatic rings. The van der Waals surface area contributed by atoms with Gasteiger partial charge in [0.05, 0.1) is 0 Å². The van der Waals surface area contributed by atoms with Crippen molar-refractivity contribution < 1.29 is 24.1 Å². The van der Waals surface area contributed by atoms with Crippen molar-refractivity contribution in [2.45, 2.75) is 9.93 Å². The number of benzene rings is 8. The highest BCUT2D eigenvalue weighted by Crippen LogP contribution is 2.63. The molecule has 12 rings (SSSR count). The largest absolute Gasteiger partial charge is 0.449 e. The van der Waals surface area contributed by atoms with Crippen LogP contribution in [0.4, 0.5) is 0 Å². The lowest BCUT2D eigenvalue weighted by Gasteiger charge is -2.27. The Morgan fingerprint density at radius 3 is 1.32 bits per heavy atom. The number of alkyl halides is 1. The van der Waals surface area contributed by atoms with Crippen molar-refractivity contribution in [2.24, 2.45) is 0 Å². The predicted molar refractivity (Wildman–Crippen MR) is 231 cm³/mol. The zero-order valence-electron chi connectivity index (χ0n) is 30.2. The van der Waals surface area contributed by atoms with Gasteiger partial charge in [0.2, 0.25) is 0 Å². The Hall–Kier alpha value is -6.12. The fourth-order valence-corrected chi connectivity index (χ4v) is 9.53. The lowest BCUT2D eigenvalue weighted by Crippen LogP contribution is -2.26. The molecule has 2 heterocycles. The highest BCUT2D eigenvalue weighted by Gasteiger charge is 2.47. The summed E-state index contributed by atoms with van der Waals surface area (Å²) >= 11 is 4.11. The summed E-state index contributed by atoms with van der Waals surface area (Å²) in [7, 11) is 0. The van der Waals surface area contributed by atoms with E-state index in [9.17, 15) is 5.11 Å². The van der Waals surface area contributed by atoms with Gasteiger partial charge < -0.3 is 24.1 Å². The molecule has 0 amide bonds. The SMILES string of the molecule is Br.BrC1(c2ccccc2)c2ccccc2-c2c1ccc1c2Oc2ccccc2O1.OC1(c2ccccc2)c2ccccc2-c2c1ccc1c2Oc2ccccc2O1. The Morgan fingerprint density at radius 2 is 0.754 bits per heavy atom. The molecule has 5 nitrogen and oxygen atoms in total. The van der Waals surface area contributed by atoms with Gasteiger partial charge in [-0.05, 0) is 69.8 Å². The second kappa shape index (κ2) is 13.5. The Balaban J connectivity index is 0.000000137. The summed E-state index contributed by atoms with van der Waals surface area (Å²) in [6.07, 6.45) is 0. The maximum atomic E-state index is 12.0. The van der Waals surface area contributed by atoms with Gasteiger partial charge in [-0.2, -0.15) is 0 Å². The van der Waals surface area contributed by atoms with Gasteiger partial charge in [0.15, 0.2) is 46.0 Å². The zero-order valence-corrected chi connectivity index (χ0v) is 33.5. The molecule has 0 bridgehead atoms. The minimum atomic E-state index is -1.23. The molecule has 4 aliphatic rings. The summed E-state index contributed by atoms with van der Waals surface area (Å²) in [6.45, 7) is 0. The van der Waals surface area contributed by atoms with Crippen LogP contribution in [0.5, 0.6) is 46.0 Å². The molecule has 7 heteroatoms. The molecular weight excluding hydrogens is 840 g/mol. The lowest BCUT2D eigenvalue weighted by molar-refractivity contribution is 0.130. The van der Waals surface area contributed by atoms with Crippen LogP contribution in [0.15, 0.2) is 182 Å².